The van der Waals surface area contributed by atoms with Gasteiger partial charge in [0.05, 0.1) is 0 Å². The van der Waals surface area contributed by atoms with Crippen molar-refractivity contribution in [1.29, 1.82) is 0 Å². The highest BCUT2D eigenvalue weighted by Crippen LogP contribution is 2.41. The first kappa shape index (κ1) is 13.9. The minimum absolute atomic E-state index is 0.461. The van der Waals surface area contributed by atoms with Gasteiger partial charge in [-0.05, 0) is 46.9 Å². The predicted molar refractivity (Wildman–Crippen MR) is 87.8 cm³/mol. The molecule has 0 atom stereocenters. The molecule has 2 aliphatic rings. The number of unbranched alkanes of at least 4 members (excludes halogenated alkanes) is 3. The quantitative estimate of drug-likeness (QED) is 0.597. The first-order chi connectivity index (χ1) is 9.59. The molecular weight excluding hydrogens is 240 g/mol. The second kappa shape index (κ2) is 5.39. The summed E-state index contributed by atoms with van der Waals surface area (Å²) < 4.78 is 0. The molecule has 0 amide bonds. The van der Waals surface area contributed by atoms with Crippen molar-refractivity contribution in [2.75, 3.05) is 0 Å². The van der Waals surface area contributed by atoms with Gasteiger partial charge in [0.15, 0.2) is 0 Å². The molecule has 0 spiro atoms. The molecule has 3 rings (SSSR count). The van der Waals surface area contributed by atoms with E-state index in [1.807, 2.05) is 0 Å². The van der Waals surface area contributed by atoms with Crippen LogP contribution in [-0.4, -0.2) is 0 Å². The summed E-state index contributed by atoms with van der Waals surface area (Å²) in [5.74, 6) is 1.57. The fraction of sp³-hybridized carbons (Fsp3) is 0.550. The highest BCUT2D eigenvalue weighted by atomic mass is 14.3. The summed E-state index contributed by atoms with van der Waals surface area (Å²) in [5, 5.41) is 0. The highest BCUT2D eigenvalue weighted by molar-refractivity contribution is 5.70. The van der Waals surface area contributed by atoms with E-state index >= 15 is 0 Å². The standard InChI is InChI=1S/C20H27/c1-4-5-6-7-8-15-9-10-16-11-17-13-20(2,3)14-18(17)12-19(15)16/h9-12H,4-8,13-14H2,1-3H3. The summed E-state index contributed by atoms with van der Waals surface area (Å²) >= 11 is 0. The normalized spacial score (nSPS) is 19.4. The Hall–Kier alpha value is -1.04. The Morgan fingerprint density at radius 2 is 1.70 bits per heavy atom. The largest absolute Gasteiger partial charge is 0.0721 e. The molecule has 0 bridgehead atoms. The van der Waals surface area contributed by atoms with Gasteiger partial charge in [0, 0.05) is 5.92 Å². The van der Waals surface area contributed by atoms with Crippen molar-refractivity contribution >= 4 is 6.08 Å². The van der Waals surface area contributed by atoms with Gasteiger partial charge in [-0.25, -0.2) is 0 Å². The van der Waals surface area contributed by atoms with Crippen LogP contribution in [0.25, 0.3) is 6.08 Å². The molecule has 0 aromatic heterocycles. The summed E-state index contributed by atoms with van der Waals surface area (Å²) in [7, 11) is 0. The summed E-state index contributed by atoms with van der Waals surface area (Å²) in [6.07, 6.45) is 13.9. The highest BCUT2D eigenvalue weighted by Gasteiger charge is 2.30. The van der Waals surface area contributed by atoms with Crippen LogP contribution in [0, 0.1) is 11.3 Å². The smallest absolute Gasteiger partial charge is 0.0273 e. The van der Waals surface area contributed by atoms with Gasteiger partial charge in [-0.15, -0.1) is 0 Å². The maximum Gasteiger partial charge on any atom is 0.0273 e. The molecular formula is C20H27. The van der Waals surface area contributed by atoms with Crippen LogP contribution in [0.15, 0.2) is 18.2 Å². The molecule has 0 heterocycles. The lowest BCUT2D eigenvalue weighted by Crippen LogP contribution is -2.09. The third-order valence-electron chi connectivity index (χ3n) is 4.82. The SMILES string of the molecule is CCCCCC[C]1C=Cc2cc3c(cc21)CC(C)(C)C3. The Bertz CT molecular complexity index is 519. The monoisotopic (exact) mass is 267 g/mol. The van der Waals surface area contributed by atoms with Crippen LogP contribution < -0.4 is 0 Å². The maximum atomic E-state index is 2.49. The van der Waals surface area contributed by atoms with E-state index in [1.54, 1.807) is 17.0 Å². The molecule has 0 nitrogen and oxygen atoms in total. The summed E-state index contributed by atoms with van der Waals surface area (Å²) in [5.41, 5.74) is 6.64. The van der Waals surface area contributed by atoms with E-state index in [2.05, 4.69) is 45.1 Å². The molecule has 0 unspecified atom stereocenters. The number of allylic oxidation sites excluding steroid dienone is 1. The van der Waals surface area contributed by atoms with Crippen molar-refractivity contribution in [3.63, 3.8) is 0 Å². The van der Waals surface area contributed by atoms with Gasteiger partial charge in [0.2, 0.25) is 0 Å². The average molecular weight is 267 g/mol. The van der Waals surface area contributed by atoms with Gasteiger partial charge in [-0.1, -0.05) is 70.7 Å². The third kappa shape index (κ3) is 2.71. The molecule has 0 aliphatic heterocycles. The van der Waals surface area contributed by atoms with E-state index in [4.69, 9.17) is 0 Å². The Morgan fingerprint density at radius 1 is 0.950 bits per heavy atom. The van der Waals surface area contributed by atoms with Crippen molar-refractivity contribution in [3.8, 4) is 0 Å². The first-order valence-electron chi connectivity index (χ1n) is 8.29. The van der Waals surface area contributed by atoms with Crippen molar-refractivity contribution in [2.24, 2.45) is 5.41 Å². The fourth-order valence-electron chi connectivity index (χ4n) is 3.79. The summed E-state index contributed by atoms with van der Waals surface area (Å²) in [4.78, 5) is 0. The van der Waals surface area contributed by atoms with Gasteiger partial charge >= 0.3 is 0 Å². The van der Waals surface area contributed by atoms with E-state index < -0.39 is 0 Å². The Kier molecular flexibility index (Phi) is 3.75. The van der Waals surface area contributed by atoms with Crippen LogP contribution in [-0.2, 0) is 12.8 Å². The molecule has 0 saturated carbocycles. The van der Waals surface area contributed by atoms with Crippen LogP contribution in [0.5, 0.6) is 0 Å². The van der Waals surface area contributed by atoms with Gasteiger partial charge in [0.25, 0.3) is 0 Å². The second-order valence-corrected chi connectivity index (χ2v) is 7.40. The van der Waals surface area contributed by atoms with Gasteiger partial charge < -0.3 is 0 Å². The topological polar surface area (TPSA) is 0 Å². The van der Waals surface area contributed by atoms with Crippen LogP contribution in [0.4, 0.5) is 0 Å². The lowest BCUT2D eigenvalue weighted by molar-refractivity contribution is 0.392. The third-order valence-corrected chi connectivity index (χ3v) is 4.82. The number of rotatable bonds is 5. The molecule has 0 N–H and O–H groups in total. The molecule has 2 aliphatic carbocycles. The van der Waals surface area contributed by atoms with E-state index in [9.17, 15) is 0 Å². The lowest BCUT2D eigenvalue weighted by atomic mass is 9.90. The number of hydrogen-bond acceptors (Lipinski definition) is 0. The summed E-state index contributed by atoms with van der Waals surface area (Å²) in [6, 6.07) is 4.95. The van der Waals surface area contributed by atoms with Crippen LogP contribution >= 0.6 is 0 Å². The zero-order valence-corrected chi connectivity index (χ0v) is 13.3. The Labute approximate surface area is 124 Å². The maximum absolute atomic E-state index is 2.49. The minimum Gasteiger partial charge on any atom is -0.0721 e. The number of benzene rings is 1. The molecule has 1 radical (unpaired) electrons. The van der Waals surface area contributed by atoms with E-state index in [-0.39, 0.29) is 0 Å². The van der Waals surface area contributed by atoms with Crippen LogP contribution in [0.1, 0.15) is 75.1 Å². The average Bonchev–Trinajstić information content (AvgIpc) is 2.90. The Morgan fingerprint density at radius 3 is 2.45 bits per heavy atom. The second-order valence-electron chi connectivity index (χ2n) is 7.40. The van der Waals surface area contributed by atoms with E-state index in [0.717, 1.165) is 0 Å². The van der Waals surface area contributed by atoms with Crippen molar-refractivity contribution in [3.05, 3.63) is 46.4 Å². The van der Waals surface area contributed by atoms with Gasteiger partial charge in [-0.3, -0.25) is 0 Å². The fourth-order valence-corrected chi connectivity index (χ4v) is 3.79. The molecule has 0 saturated heterocycles. The Balaban J connectivity index is 1.73. The number of hydrogen-bond donors (Lipinski definition) is 0. The zero-order chi connectivity index (χ0) is 14.2. The van der Waals surface area contributed by atoms with Crippen LogP contribution in [0.3, 0.4) is 0 Å². The molecule has 1 aromatic rings. The van der Waals surface area contributed by atoms with Gasteiger partial charge in [0.1, 0.15) is 0 Å². The predicted octanol–water partition coefficient (Wildman–Crippen LogP) is 5.73. The molecule has 20 heavy (non-hydrogen) atoms. The van der Waals surface area contributed by atoms with Crippen molar-refractivity contribution in [2.45, 2.75) is 65.7 Å². The van der Waals surface area contributed by atoms with Crippen LogP contribution in [0.2, 0.25) is 0 Å². The lowest BCUT2D eigenvalue weighted by Gasteiger charge is -2.14. The van der Waals surface area contributed by atoms with E-state index in [0.29, 0.717) is 5.41 Å². The zero-order valence-electron chi connectivity index (χ0n) is 13.3. The number of fused-ring (bicyclic) bond motifs is 2. The molecule has 0 fully saturated rings. The summed E-state index contributed by atoms with van der Waals surface area (Å²) in [6.45, 7) is 7.07. The van der Waals surface area contributed by atoms with Gasteiger partial charge in [-0.2, -0.15) is 0 Å². The van der Waals surface area contributed by atoms with Crippen molar-refractivity contribution in [1.82, 2.24) is 0 Å². The van der Waals surface area contributed by atoms with Crippen molar-refractivity contribution < 1.29 is 0 Å². The molecule has 0 heteroatoms. The molecule has 1 aromatic carbocycles. The molecule has 107 valence electrons. The minimum atomic E-state index is 0.461. The first-order valence-corrected chi connectivity index (χ1v) is 8.29. The van der Waals surface area contributed by atoms with E-state index in [1.165, 1.54) is 56.1 Å².